The number of hydrogen-bond donors (Lipinski definition) is 1. The van der Waals surface area contributed by atoms with E-state index in [2.05, 4.69) is 11.1 Å². The molecular weight excluding hydrogens is 266 g/mol. The highest BCUT2D eigenvalue weighted by atomic mass is 16.2. The van der Waals surface area contributed by atoms with Crippen LogP contribution in [0.5, 0.6) is 0 Å². The summed E-state index contributed by atoms with van der Waals surface area (Å²) in [5, 5.41) is 1.17. The smallest absolute Gasteiger partial charge is 0.327 e. The fraction of sp³-hybridized carbons (Fsp3) is 0.375. The lowest BCUT2D eigenvalue weighted by Gasteiger charge is -2.26. The lowest BCUT2D eigenvalue weighted by molar-refractivity contribution is -0.128. The third kappa shape index (κ3) is 1.63. The molecule has 0 spiro atoms. The monoisotopic (exact) mass is 283 g/mol. The molecule has 1 aromatic heterocycles. The third-order valence-corrected chi connectivity index (χ3v) is 4.48. The summed E-state index contributed by atoms with van der Waals surface area (Å²) in [4.78, 5) is 31.3. The van der Waals surface area contributed by atoms with Crippen LogP contribution in [0.1, 0.15) is 24.6 Å². The zero-order chi connectivity index (χ0) is 14.6. The van der Waals surface area contributed by atoms with Crippen LogP contribution in [0.2, 0.25) is 0 Å². The number of para-hydroxylation sites is 1. The first kappa shape index (κ1) is 12.4. The SMILES string of the molecule is CCCN1C(=O)C2Cc3c([nH]c4ccccc34)CN2C1=O. The molecule has 1 atom stereocenters. The molecule has 3 heterocycles. The normalized spacial score (nSPS) is 21.1. The average molecular weight is 283 g/mol. The molecule has 1 N–H and O–H groups in total. The Bertz CT molecular complexity index is 749. The number of rotatable bonds is 2. The van der Waals surface area contributed by atoms with Gasteiger partial charge in [0, 0.05) is 29.6 Å². The Morgan fingerprint density at radius 3 is 2.90 bits per heavy atom. The molecule has 0 bridgehead atoms. The van der Waals surface area contributed by atoms with Gasteiger partial charge in [-0.2, -0.15) is 0 Å². The first-order chi connectivity index (χ1) is 10.2. The van der Waals surface area contributed by atoms with Crippen molar-refractivity contribution in [2.24, 2.45) is 0 Å². The van der Waals surface area contributed by atoms with Crippen molar-refractivity contribution < 1.29 is 9.59 Å². The van der Waals surface area contributed by atoms with E-state index in [0.29, 0.717) is 19.5 Å². The fourth-order valence-electron chi connectivity index (χ4n) is 3.49. The highest BCUT2D eigenvalue weighted by molar-refractivity contribution is 6.05. The quantitative estimate of drug-likeness (QED) is 0.860. The van der Waals surface area contributed by atoms with Crippen LogP contribution in [0, 0.1) is 0 Å². The molecule has 5 nitrogen and oxygen atoms in total. The van der Waals surface area contributed by atoms with Gasteiger partial charge in [-0.25, -0.2) is 4.79 Å². The Morgan fingerprint density at radius 2 is 2.10 bits per heavy atom. The van der Waals surface area contributed by atoms with E-state index < -0.39 is 0 Å². The molecule has 0 aliphatic carbocycles. The number of nitrogens with zero attached hydrogens (tertiary/aromatic N) is 2. The van der Waals surface area contributed by atoms with Crippen LogP contribution in [0.25, 0.3) is 10.9 Å². The molecule has 2 aliphatic rings. The van der Waals surface area contributed by atoms with E-state index in [0.717, 1.165) is 17.6 Å². The minimum atomic E-state index is -0.323. The van der Waals surface area contributed by atoms with Crippen molar-refractivity contribution in [3.05, 3.63) is 35.5 Å². The second-order valence-electron chi connectivity index (χ2n) is 5.75. The minimum absolute atomic E-state index is 0.0437. The lowest BCUT2D eigenvalue weighted by atomic mass is 9.97. The summed E-state index contributed by atoms with van der Waals surface area (Å²) in [5.74, 6) is -0.0437. The van der Waals surface area contributed by atoms with E-state index in [9.17, 15) is 9.59 Å². The molecule has 2 aliphatic heterocycles. The molecule has 2 aromatic rings. The van der Waals surface area contributed by atoms with Crippen molar-refractivity contribution in [1.82, 2.24) is 14.8 Å². The average Bonchev–Trinajstić information content (AvgIpc) is 2.97. The number of benzene rings is 1. The summed E-state index contributed by atoms with van der Waals surface area (Å²) in [5.41, 5.74) is 3.33. The lowest BCUT2D eigenvalue weighted by Crippen LogP contribution is -2.39. The van der Waals surface area contributed by atoms with Gasteiger partial charge in [0.05, 0.1) is 6.54 Å². The van der Waals surface area contributed by atoms with Crippen molar-refractivity contribution in [2.75, 3.05) is 6.54 Å². The molecule has 4 rings (SSSR count). The van der Waals surface area contributed by atoms with E-state index in [4.69, 9.17) is 0 Å². The van der Waals surface area contributed by atoms with Gasteiger partial charge in [-0.3, -0.25) is 9.69 Å². The molecular formula is C16H17N3O2. The Hall–Kier alpha value is -2.30. The standard InChI is InChI=1S/C16H17N3O2/c1-2-7-18-15(20)14-8-11-10-5-3-4-6-12(10)17-13(11)9-19(14)16(18)21/h3-6,14,17H,2,7-9H2,1H3. The van der Waals surface area contributed by atoms with Gasteiger partial charge in [0.1, 0.15) is 6.04 Å². The molecule has 1 saturated heterocycles. The largest absolute Gasteiger partial charge is 0.357 e. The van der Waals surface area contributed by atoms with Gasteiger partial charge in [-0.05, 0) is 18.1 Å². The maximum atomic E-state index is 12.5. The number of hydrogen-bond acceptors (Lipinski definition) is 2. The molecule has 0 saturated carbocycles. The van der Waals surface area contributed by atoms with E-state index in [1.807, 2.05) is 25.1 Å². The first-order valence-corrected chi connectivity index (χ1v) is 7.41. The van der Waals surface area contributed by atoms with Crippen molar-refractivity contribution >= 4 is 22.8 Å². The second-order valence-corrected chi connectivity index (χ2v) is 5.75. The number of fused-ring (bicyclic) bond motifs is 4. The molecule has 1 aromatic carbocycles. The third-order valence-electron chi connectivity index (χ3n) is 4.48. The molecule has 0 radical (unpaired) electrons. The minimum Gasteiger partial charge on any atom is -0.357 e. The summed E-state index contributed by atoms with van der Waals surface area (Å²) < 4.78 is 0. The number of aromatic nitrogens is 1. The summed E-state index contributed by atoms with van der Waals surface area (Å²) in [6, 6.07) is 7.64. The highest BCUT2D eigenvalue weighted by Gasteiger charge is 2.47. The second kappa shape index (κ2) is 4.35. The number of aromatic amines is 1. The number of urea groups is 1. The van der Waals surface area contributed by atoms with Crippen molar-refractivity contribution in [2.45, 2.75) is 32.4 Å². The predicted molar refractivity (Wildman–Crippen MR) is 78.7 cm³/mol. The molecule has 21 heavy (non-hydrogen) atoms. The number of nitrogens with one attached hydrogen (secondary N) is 1. The van der Waals surface area contributed by atoms with Gasteiger partial charge < -0.3 is 9.88 Å². The zero-order valence-corrected chi connectivity index (χ0v) is 11.9. The van der Waals surface area contributed by atoms with Gasteiger partial charge in [-0.1, -0.05) is 25.1 Å². The number of H-pyrrole nitrogens is 1. The van der Waals surface area contributed by atoms with Crippen LogP contribution in [-0.2, 0) is 17.8 Å². The predicted octanol–water partition coefficient (Wildman–Crippen LogP) is 2.27. The van der Waals surface area contributed by atoms with Crippen LogP contribution in [0.3, 0.4) is 0 Å². The van der Waals surface area contributed by atoms with E-state index in [1.54, 1.807) is 4.90 Å². The van der Waals surface area contributed by atoms with Crippen LogP contribution in [0.4, 0.5) is 4.79 Å². The van der Waals surface area contributed by atoms with E-state index in [1.165, 1.54) is 15.8 Å². The fourth-order valence-corrected chi connectivity index (χ4v) is 3.49. The van der Waals surface area contributed by atoms with Crippen molar-refractivity contribution in [3.8, 4) is 0 Å². The Labute approximate surface area is 122 Å². The number of amides is 3. The van der Waals surface area contributed by atoms with Crippen LogP contribution in [-0.4, -0.2) is 39.3 Å². The topological polar surface area (TPSA) is 56.4 Å². The molecule has 5 heteroatoms. The van der Waals surface area contributed by atoms with Crippen molar-refractivity contribution in [3.63, 3.8) is 0 Å². The Balaban J connectivity index is 1.76. The van der Waals surface area contributed by atoms with Crippen molar-refractivity contribution in [1.29, 1.82) is 0 Å². The Kier molecular flexibility index (Phi) is 2.58. The summed E-state index contributed by atoms with van der Waals surface area (Å²) in [6.07, 6.45) is 1.41. The van der Waals surface area contributed by atoms with Gasteiger partial charge >= 0.3 is 6.03 Å². The maximum absolute atomic E-state index is 12.5. The number of carbonyl (C=O) groups excluding carboxylic acids is 2. The van der Waals surface area contributed by atoms with E-state index >= 15 is 0 Å². The van der Waals surface area contributed by atoms with Gasteiger partial charge in [0.2, 0.25) is 0 Å². The molecule has 108 valence electrons. The molecule has 3 amide bonds. The maximum Gasteiger partial charge on any atom is 0.327 e. The molecule has 1 fully saturated rings. The van der Waals surface area contributed by atoms with Crippen LogP contribution < -0.4 is 0 Å². The summed E-state index contributed by atoms with van der Waals surface area (Å²) >= 11 is 0. The van der Waals surface area contributed by atoms with Gasteiger partial charge in [0.15, 0.2) is 0 Å². The first-order valence-electron chi connectivity index (χ1n) is 7.41. The van der Waals surface area contributed by atoms with Gasteiger partial charge in [0.25, 0.3) is 5.91 Å². The summed E-state index contributed by atoms with van der Waals surface area (Å²) in [7, 11) is 0. The van der Waals surface area contributed by atoms with E-state index in [-0.39, 0.29) is 18.0 Å². The van der Waals surface area contributed by atoms with Crippen LogP contribution >= 0.6 is 0 Å². The zero-order valence-electron chi connectivity index (χ0n) is 11.9. The number of carbonyl (C=O) groups is 2. The summed E-state index contributed by atoms with van der Waals surface area (Å²) in [6.45, 7) is 2.99. The Morgan fingerprint density at radius 1 is 1.29 bits per heavy atom. The number of imide groups is 1. The van der Waals surface area contributed by atoms with Crippen LogP contribution in [0.15, 0.2) is 24.3 Å². The molecule has 1 unspecified atom stereocenters. The highest BCUT2D eigenvalue weighted by Crippen LogP contribution is 2.34. The van der Waals surface area contributed by atoms with Gasteiger partial charge in [-0.15, -0.1) is 0 Å².